The fourth-order valence-electron chi connectivity index (χ4n) is 2.70. The summed E-state index contributed by atoms with van der Waals surface area (Å²) in [6.45, 7) is 12.6. The molecule has 0 fully saturated rings. The van der Waals surface area contributed by atoms with Gasteiger partial charge in [0, 0.05) is 12.3 Å². The molecule has 0 aliphatic rings. The van der Waals surface area contributed by atoms with Crippen molar-refractivity contribution in [1.29, 1.82) is 0 Å². The minimum atomic E-state index is -0.788. The van der Waals surface area contributed by atoms with E-state index < -0.39 is 5.60 Å². The van der Waals surface area contributed by atoms with Gasteiger partial charge in [-0.1, -0.05) is 33.1 Å². The van der Waals surface area contributed by atoms with E-state index in [-0.39, 0.29) is 12.0 Å². The molecule has 0 aliphatic heterocycles. The molecule has 0 spiro atoms. The van der Waals surface area contributed by atoms with Crippen LogP contribution in [0.3, 0.4) is 0 Å². The summed E-state index contributed by atoms with van der Waals surface area (Å²) < 4.78 is 11.7. The average molecular weight is 350 g/mol. The van der Waals surface area contributed by atoms with Crippen molar-refractivity contribution in [3.63, 3.8) is 0 Å². The van der Waals surface area contributed by atoms with Crippen molar-refractivity contribution in [2.24, 2.45) is 0 Å². The normalized spacial score (nSPS) is 14.6. The zero-order valence-corrected chi connectivity index (χ0v) is 16.8. The van der Waals surface area contributed by atoms with Crippen LogP contribution in [0.15, 0.2) is 18.2 Å². The molecule has 0 saturated heterocycles. The number of hydrogen-bond donors (Lipinski definition) is 1. The number of hydrogen-bond acceptors (Lipinski definition) is 3. The van der Waals surface area contributed by atoms with Crippen molar-refractivity contribution in [2.75, 3.05) is 11.9 Å². The standard InChI is InChI=1S/C21H35NO3/c1-7-10-11-14-21(6,24-9-3)20(23)22-18-12-13-19(16(4)15-18)25-17(5)8-2/h12-13,15,17H,7-11,14H2,1-6H3,(H,22,23)/t17-,21+/m0/s1. The highest BCUT2D eigenvalue weighted by atomic mass is 16.5. The van der Waals surface area contributed by atoms with Crippen molar-refractivity contribution in [1.82, 2.24) is 0 Å². The molecule has 25 heavy (non-hydrogen) atoms. The lowest BCUT2D eigenvalue weighted by Crippen LogP contribution is -2.42. The van der Waals surface area contributed by atoms with Crippen LogP contribution >= 0.6 is 0 Å². The van der Waals surface area contributed by atoms with Gasteiger partial charge in [-0.2, -0.15) is 0 Å². The first-order valence-electron chi connectivity index (χ1n) is 9.59. The summed E-state index contributed by atoms with van der Waals surface area (Å²) in [6.07, 6.45) is 5.09. The zero-order valence-electron chi connectivity index (χ0n) is 16.8. The van der Waals surface area contributed by atoms with Crippen molar-refractivity contribution >= 4 is 11.6 Å². The lowest BCUT2D eigenvalue weighted by atomic mass is 9.96. The van der Waals surface area contributed by atoms with Crippen LogP contribution in [0.4, 0.5) is 5.69 Å². The topological polar surface area (TPSA) is 47.6 Å². The fraction of sp³-hybridized carbons (Fsp3) is 0.667. The maximum absolute atomic E-state index is 12.8. The summed E-state index contributed by atoms with van der Waals surface area (Å²) >= 11 is 0. The van der Waals surface area contributed by atoms with Crippen LogP contribution in [0.1, 0.15) is 72.3 Å². The van der Waals surface area contributed by atoms with E-state index in [9.17, 15) is 4.79 Å². The summed E-state index contributed by atoms with van der Waals surface area (Å²) in [5.41, 5.74) is 1.01. The number of nitrogens with one attached hydrogen (secondary N) is 1. The van der Waals surface area contributed by atoms with Gasteiger partial charge in [-0.15, -0.1) is 0 Å². The van der Waals surface area contributed by atoms with E-state index in [1.54, 1.807) is 0 Å². The number of aryl methyl sites for hydroxylation is 1. The molecule has 0 aliphatic carbocycles. The Hall–Kier alpha value is -1.55. The SMILES string of the molecule is CCCCC[C@@](C)(OCC)C(=O)Nc1ccc(O[C@@H](C)CC)c(C)c1. The Morgan fingerprint density at radius 1 is 1.24 bits per heavy atom. The molecular weight excluding hydrogens is 314 g/mol. The molecule has 1 aromatic rings. The molecule has 1 N–H and O–H groups in total. The number of unbranched alkanes of at least 4 members (excludes halogenated alkanes) is 2. The van der Waals surface area contributed by atoms with Crippen LogP contribution in [-0.2, 0) is 9.53 Å². The minimum absolute atomic E-state index is 0.0829. The third-order valence-corrected chi connectivity index (χ3v) is 4.54. The predicted octanol–water partition coefficient (Wildman–Crippen LogP) is 5.49. The van der Waals surface area contributed by atoms with Crippen LogP contribution in [-0.4, -0.2) is 24.2 Å². The zero-order chi connectivity index (χ0) is 18.9. The predicted molar refractivity (Wildman–Crippen MR) is 104 cm³/mol. The summed E-state index contributed by atoms with van der Waals surface area (Å²) in [5, 5.41) is 3.01. The van der Waals surface area contributed by atoms with Gasteiger partial charge in [0.1, 0.15) is 11.4 Å². The number of carbonyl (C=O) groups is 1. The Labute approximate surface area is 153 Å². The Morgan fingerprint density at radius 3 is 2.52 bits per heavy atom. The number of carbonyl (C=O) groups excluding carboxylic acids is 1. The van der Waals surface area contributed by atoms with Crippen LogP contribution in [0.2, 0.25) is 0 Å². The molecule has 0 unspecified atom stereocenters. The largest absolute Gasteiger partial charge is 0.490 e. The molecule has 0 saturated carbocycles. The second kappa shape index (κ2) is 10.4. The maximum atomic E-state index is 12.8. The van der Waals surface area contributed by atoms with Crippen molar-refractivity contribution < 1.29 is 14.3 Å². The molecular formula is C21H35NO3. The lowest BCUT2D eigenvalue weighted by Gasteiger charge is -2.28. The van der Waals surface area contributed by atoms with E-state index in [1.807, 2.05) is 39.0 Å². The fourth-order valence-corrected chi connectivity index (χ4v) is 2.70. The molecule has 142 valence electrons. The minimum Gasteiger partial charge on any atom is -0.490 e. The van der Waals surface area contributed by atoms with Crippen molar-refractivity contribution in [2.45, 2.75) is 85.4 Å². The van der Waals surface area contributed by atoms with Gasteiger partial charge in [0.25, 0.3) is 5.91 Å². The lowest BCUT2D eigenvalue weighted by molar-refractivity contribution is -0.139. The van der Waals surface area contributed by atoms with Crippen molar-refractivity contribution in [3.8, 4) is 5.75 Å². The Balaban J connectivity index is 2.80. The quantitative estimate of drug-likeness (QED) is 0.538. The van der Waals surface area contributed by atoms with Gasteiger partial charge in [-0.25, -0.2) is 0 Å². The molecule has 4 heteroatoms. The second-order valence-corrected chi connectivity index (χ2v) is 6.89. The molecule has 0 bridgehead atoms. The van der Waals surface area contributed by atoms with Gasteiger partial charge in [-0.3, -0.25) is 4.79 Å². The van der Waals surface area contributed by atoms with Crippen LogP contribution < -0.4 is 10.1 Å². The van der Waals surface area contributed by atoms with Gasteiger partial charge in [-0.05, 0) is 64.3 Å². The smallest absolute Gasteiger partial charge is 0.256 e. The van der Waals surface area contributed by atoms with E-state index in [2.05, 4.69) is 26.1 Å². The molecule has 0 aromatic heterocycles. The highest BCUT2D eigenvalue weighted by Gasteiger charge is 2.33. The second-order valence-electron chi connectivity index (χ2n) is 6.89. The van der Waals surface area contributed by atoms with Gasteiger partial charge in [0.15, 0.2) is 0 Å². The molecule has 0 heterocycles. The number of rotatable bonds is 11. The van der Waals surface area contributed by atoms with Gasteiger partial charge in [0.2, 0.25) is 0 Å². The molecule has 2 atom stereocenters. The molecule has 1 aromatic carbocycles. The highest BCUT2D eigenvalue weighted by molar-refractivity contribution is 5.97. The summed E-state index contributed by atoms with van der Waals surface area (Å²) in [6, 6.07) is 5.77. The Bertz CT molecular complexity index is 544. The number of amides is 1. The first-order valence-corrected chi connectivity index (χ1v) is 9.59. The average Bonchev–Trinajstić information content (AvgIpc) is 2.57. The van der Waals surface area contributed by atoms with Gasteiger partial charge < -0.3 is 14.8 Å². The van der Waals surface area contributed by atoms with E-state index >= 15 is 0 Å². The van der Waals surface area contributed by atoms with E-state index in [0.717, 1.165) is 49.1 Å². The number of ether oxygens (including phenoxy) is 2. The third kappa shape index (κ3) is 6.69. The van der Waals surface area contributed by atoms with E-state index in [1.165, 1.54) is 0 Å². The first-order chi connectivity index (χ1) is 11.9. The highest BCUT2D eigenvalue weighted by Crippen LogP contribution is 2.26. The Morgan fingerprint density at radius 2 is 1.96 bits per heavy atom. The Kier molecular flexibility index (Phi) is 8.98. The van der Waals surface area contributed by atoms with Gasteiger partial charge >= 0.3 is 0 Å². The van der Waals surface area contributed by atoms with Crippen LogP contribution in [0.25, 0.3) is 0 Å². The van der Waals surface area contributed by atoms with Crippen LogP contribution in [0.5, 0.6) is 5.75 Å². The number of benzene rings is 1. The summed E-state index contributed by atoms with van der Waals surface area (Å²) in [4.78, 5) is 12.8. The molecule has 4 nitrogen and oxygen atoms in total. The number of anilines is 1. The monoisotopic (exact) mass is 349 g/mol. The first kappa shape index (κ1) is 21.5. The van der Waals surface area contributed by atoms with E-state index in [0.29, 0.717) is 6.61 Å². The molecule has 1 amide bonds. The summed E-state index contributed by atoms with van der Waals surface area (Å²) in [7, 11) is 0. The maximum Gasteiger partial charge on any atom is 0.256 e. The van der Waals surface area contributed by atoms with E-state index in [4.69, 9.17) is 9.47 Å². The molecule has 1 rings (SSSR count). The van der Waals surface area contributed by atoms with Gasteiger partial charge in [0.05, 0.1) is 6.10 Å². The third-order valence-electron chi connectivity index (χ3n) is 4.54. The summed E-state index contributed by atoms with van der Waals surface area (Å²) in [5.74, 6) is 0.781. The molecule has 0 radical (unpaired) electrons. The van der Waals surface area contributed by atoms with Crippen molar-refractivity contribution in [3.05, 3.63) is 23.8 Å². The van der Waals surface area contributed by atoms with Crippen LogP contribution in [0, 0.1) is 6.92 Å².